The predicted molar refractivity (Wildman–Crippen MR) is 134 cm³/mol. The van der Waals surface area contributed by atoms with E-state index in [-0.39, 0.29) is 35.6 Å². The molecular formula is C25H42N4O4S. The van der Waals surface area contributed by atoms with Crippen molar-refractivity contribution in [2.45, 2.75) is 115 Å². The fourth-order valence-electron chi connectivity index (χ4n) is 5.55. The number of hydrogen-bond donors (Lipinski definition) is 4. The number of nitrogens with one attached hydrogen (secondary N) is 3. The number of carbonyl (C=O) groups excluding carboxylic acids is 4. The second-order valence-corrected chi connectivity index (χ2v) is 10.6. The SMILES string of the molecule is CCC[C@@H]1NC(=O)CC2CCC(CC2)NC(=O)[C@H](CCCCCS)NC(=O)[C@@H]2CCCN2C1=O. The van der Waals surface area contributed by atoms with E-state index in [4.69, 9.17) is 0 Å². The van der Waals surface area contributed by atoms with Crippen LogP contribution in [0.1, 0.15) is 90.4 Å². The molecule has 4 amide bonds. The van der Waals surface area contributed by atoms with Crippen molar-refractivity contribution in [1.82, 2.24) is 20.9 Å². The van der Waals surface area contributed by atoms with Crippen LogP contribution in [0.3, 0.4) is 0 Å². The molecule has 9 heteroatoms. The van der Waals surface area contributed by atoms with Crippen LogP contribution in [0.5, 0.6) is 0 Å². The quantitative estimate of drug-likeness (QED) is 0.322. The van der Waals surface area contributed by atoms with Crippen molar-refractivity contribution < 1.29 is 19.2 Å². The van der Waals surface area contributed by atoms with Gasteiger partial charge in [-0.2, -0.15) is 12.6 Å². The lowest BCUT2D eigenvalue weighted by molar-refractivity contribution is -0.142. The zero-order valence-electron chi connectivity index (χ0n) is 20.5. The summed E-state index contributed by atoms with van der Waals surface area (Å²) < 4.78 is 0. The molecule has 2 bridgehead atoms. The van der Waals surface area contributed by atoms with Crippen molar-refractivity contribution in [1.29, 1.82) is 0 Å². The van der Waals surface area contributed by atoms with Gasteiger partial charge in [-0.15, -0.1) is 0 Å². The maximum absolute atomic E-state index is 13.4. The van der Waals surface area contributed by atoms with Gasteiger partial charge < -0.3 is 20.9 Å². The Kier molecular flexibility index (Phi) is 10.5. The van der Waals surface area contributed by atoms with Crippen LogP contribution in [0.2, 0.25) is 0 Å². The number of nitrogens with zero attached hydrogens (tertiary/aromatic N) is 1. The molecule has 1 saturated carbocycles. The normalized spacial score (nSPS) is 31.1. The van der Waals surface area contributed by atoms with Gasteiger partial charge in [0, 0.05) is 19.0 Å². The van der Waals surface area contributed by atoms with Crippen LogP contribution in [0.4, 0.5) is 0 Å². The highest BCUT2D eigenvalue weighted by atomic mass is 32.1. The molecule has 0 radical (unpaired) electrons. The Morgan fingerprint density at radius 3 is 2.32 bits per heavy atom. The molecule has 4 rings (SSSR count). The third kappa shape index (κ3) is 7.36. The van der Waals surface area contributed by atoms with E-state index in [0.717, 1.165) is 63.5 Å². The highest BCUT2D eigenvalue weighted by Crippen LogP contribution is 2.28. The minimum atomic E-state index is -0.601. The number of carbonyl (C=O) groups is 4. The van der Waals surface area contributed by atoms with Crippen LogP contribution >= 0.6 is 12.6 Å². The number of amides is 4. The molecule has 0 unspecified atom stereocenters. The first-order valence-corrected chi connectivity index (χ1v) is 13.9. The Balaban J connectivity index is 1.80. The molecule has 0 spiro atoms. The van der Waals surface area contributed by atoms with Crippen molar-refractivity contribution in [3.8, 4) is 0 Å². The summed E-state index contributed by atoms with van der Waals surface area (Å²) in [5.74, 6) is 0.409. The third-order valence-electron chi connectivity index (χ3n) is 7.50. The van der Waals surface area contributed by atoms with Crippen LogP contribution < -0.4 is 16.0 Å². The molecule has 3 atom stereocenters. The summed E-state index contributed by atoms with van der Waals surface area (Å²) in [6, 6.07) is -1.72. The van der Waals surface area contributed by atoms with Crippen LogP contribution in [0, 0.1) is 5.92 Å². The maximum Gasteiger partial charge on any atom is 0.245 e. The maximum atomic E-state index is 13.4. The minimum absolute atomic E-state index is 0.0777. The predicted octanol–water partition coefficient (Wildman–Crippen LogP) is 2.32. The number of hydrogen-bond acceptors (Lipinski definition) is 5. The third-order valence-corrected chi connectivity index (χ3v) is 7.82. The van der Waals surface area contributed by atoms with Gasteiger partial charge in [-0.1, -0.05) is 26.2 Å². The van der Waals surface area contributed by atoms with Crippen molar-refractivity contribution >= 4 is 36.3 Å². The smallest absolute Gasteiger partial charge is 0.245 e. The van der Waals surface area contributed by atoms with Crippen molar-refractivity contribution in [3.05, 3.63) is 0 Å². The Labute approximate surface area is 209 Å². The highest BCUT2D eigenvalue weighted by Gasteiger charge is 2.39. The van der Waals surface area contributed by atoms with E-state index in [2.05, 4.69) is 28.6 Å². The molecule has 8 nitrogen and oxygen atoms in total. The van der Waals surface area contributed by atoms with Crippen molar-refractivity contribution in [3.63, 3.8) is 0 Å². The van der Waals surface area contributed by atoms with E-state index in [1.54, 1.807) is 4.90 Å². The number of fused-ring (bicyclic) bond motifs is 10. The Hall–Kier alpha value is -1.77. The first-order chi connectivity index (χ1) is 16.4. The van der Waals surface area contributed by atoms with Gasteiger partial charge in [-0.05, 0) is 69.5 Å². The van der Waals surface area contributed by atoms with E-state index < -0.39 is 18.1 Å². The first-order valence-electron chi connectivity index (χ1n) is 13.2. The number of rotatable bonds is 7. The summed E-state index contributed by atoms with van der Waals surface area (Å²) in [4.78, 5) is 54.2. The zero-order chi connectivity index (χ0) is 24.5. The second kappa shape index (κ2) is 13.4. The first kappa shape index (κ1) is 26.8. The summed E-state index contributed by atoms with van der Waals surface area (Å²) in [7, 11) is 0. The van der Waals surface area contributed by atoms with Gasteiger partial charge in [0.25, 0.3) is 0 Å². The minimum Gasteiger partial charge on any atom is -0.352 e. The Morgan fingerprint density at radius 2 is 1.62 bits per heavy atom. The van der Waals surface area contributed by atoms with Gasteiger partial charge in [0.1, 0.15) is 18.1 Å². The molecule has 34 heavy (non-hydrogen) atoms. The fraction of sp³-hybridized carbons (Fsp3) is 0.840. The topological polar surface area (TPSA) is 108 Å². The van der Waals surface area contributed by atoms with Crippen molar-refractivity contribution in [2.75, 3.05) is 12.3 Å². The Morgan fingerprint density at radius 1 is 0.853 bits per heavy atom. The van der Waals surface area contributed by atoms with E-state index in [9.17, 15) is 19.2 Å². The molecule has 0 aromatic rings. The Bertz CT molecular complexity index is 726. The van der Waals surface area contributed by atoms with Gasteiger partial charge in [0.2, 0.25) is 23.6 Å². The molecule has 3 aliphatic heterocycles. The van der Waals surface area contributed by atoms with Crippen LogP contribution in [-0.2, 0) is 19.2 Å². The van der Waals surface area contributed by atoms with Crippen LogP contribution in [-0.4, -0.2) is 65.0 Å². The molecule has 192 valence electrons. The zero-order valence-corrected chi connectivity index (χ0v) is 21.4. The van der Waals surface area contributed by atoms with Gasteiger partial charge in [-0.25, -0.2) is 0 Å². The molecule has 3 heterocycles. The molecular weight excluding hydrogens is 452 g/mol. The van der Waals surface area contributed by atoms with Gasteiger partial charge in [0.15, 0.2) is 0 Å². The van der Waals surface area contributed by atoms with Gasteiger partial charge in [0.05, 0.1) is 0 Å². The number of thiol groups is 1. The van der Waals surface area contributed by atoms with Crippen molar-refractivity contribution in [2.24, 2.45) is 5.92 Å². The number of unbranched alkanes of at least 4 members (excludes halogenated alkanes) is 2. The lowest BCUT2D eigenvalue weighted by Crippen LogP contribution is -2.57. The molecule has 3 saturated heterocycles. The molecule has 4 fully saturated rings. The van der Waals surface area contributed by atoms with Gasteiger partial charge in [-0.3, -0.25) is 19.2 Å². The van der Waals surface area contributed by atoms with E-state index in [0.29, 0.717) is 32.2 Å². The average molecular weight is 495 g/mol. The molecule has 0 aromatic carbocycles. The summed E-state index contributed by atoms with van der Waals surface area (Å²) >= 11 is 4.26. The summed E-state index contributed by atoms with van der Waals surface area (Å²) in [6.45, 7) is 2.49. The van der Waals surface area contributed by atoms with Crippen LogP contribution in [0.25, 0.3) is 0 Å². The monoisotopic (exact) mass is 494 g/mol. The summed E-state index contributed by atoms with van der Waals surface area (Å²) in [5, 5.41) is 9.11. The fourth-order valence-corrected chi connectivity index (χ4v) is 5.77. The summed E-state index contributed by atoms with van der Waals surface area (Å²) in [5.41, 5.74) is 0. The molecule has 3 N–H and O–H groups in total. The molecule has 0 aromatic heterocycles. The highest BCUT2D eigenvalue weighted by molar-refractivity contribution is 7.80. The van der Waals surface area contributed by atoms with Crippen LogP contribution in [0.15, 0.2) is 0 Å². The lowest BCUT2D eigenvalue weighted by Gasteiger charge is -2.33. The summed E-state index contributed by atoms with van der Waals surface area (Å²) in [6.07, 6.45) is 9.80. The van der Waals surface area contributed by atoms with E-state index >= 15 is 0 Å². The molecule has 1 aliphatic carbocycles. The standard InChI is InChI=1S/C25H42N4O4S/c1-2-7-20-25(33)29-14-6-9-21(29)24(32)28-19(8-4-3-5-15-34)23(31)26-18-12-10-17(11-13-18)16-22(30)27-20/h17-21,34H,2-16H2,1H3,(H,26,31)(H,27,30)(H,28,32)/t17?,18?,19-,20-,21-/m0/s1. The van der Waals surface area contributed by atoms with E-state index in [1.807, 2.05) is 6.92 Å². The second-order valence-electron chi connectivity index (χ2n) is 10.2. The van der Waals surface area contributed by atoms with E-state index in [1.165, 1.54) is 0 Å². The largest absolute Gasteiger partial charge is 0.352 e. The lowest BCUT2D eigenvalue weighted by atomic mass is 9.83. The molecule has 4 aliphatic rings. The average Bonchev–Trinajstić information content (AvgIpc) is 3.31. The van der Waals surface area contributed by atoms with Gasteiger partial charge >= 0.3 is 0 Å².